The van der Waals surface area contributed by atoms with E-state index in [0.717, 1.165) is 17.7 Å². The van der Waals surface area contributed by atoms with Crippen LogP contribution >= 0.6 is 0 Å². The highest BCUT2D eigenvalue weighted by atomic mass is 19.1. The molecule has 25 heavy (non-hydrogen) atoms. The minimum atomic E-state index is -0.761. The summed E-state index contributed by atoms with van der Waals surface area (Å²) < 4.78 is 26.5. The molecule has 0 aliphatic rings. The maximum Gasteiger partial charge on any atom is 0.254 e. The molecule has 0 fully saturated rings. The van der Waals surface area contributed by atoms with Gasteiger partial charge in [-0.15, -0.1) is 0 Å². The second kappa shape index (κ2) is 7.43. The van der Waals surface area contributed by atoms with E-state index in [1.165, 1.54) is 18.5 Å². The third-order valence-electron chi connectivity index (χ3n) is 3.29. The second-order valence-electron chi connectivity index (χ2n) is 5.08. The van der Waals surface area contributed by atoms with E-state index in [2.05, 4.69) is 25.6 Å². The number of benzene rings is 1. The standard InChI is InChI=1S/C17H13F2N5O/c18-13-1-2-15(14(19)7-13)24-17-22-9-12(10-23-17)16(25)21-8-11-3-5-20-6-4-11/h1-7,9-10H,8H2,(H,21,25)(H,22,23,24). The highest BCUT2D eigenvalue weighted by Crippen LogP contribution is 2.18. The SMILES string of the molecule is O=C(NCc1ccncc1)c1cnc(Nc2ccc(F)cc2F)nc1. The van der Waals surface area contributed by atoms with Gasteiger partial charge in [0.15, 0.2) is 0 Å². The van der Waals surface area contributed by atoms with Crippen LogP contribution in [0.3, 0.4) is 0 Å². The topological polar surface area (TPSA) is 79.8 Å². The lowest BCUT2D eigenvalue weighted by molar-refractivity contribution is 0.0950. The van der Waals surface area contributed by atoms with E-state index in [0.29, 0.717) is 6.54 Å². The van der Waals surface area contributed by atoms with E-state index in [1.807, 2.05) is 0 Å². The van der Waals surface area contributed by atoms with Gasteiger partial charge >= 0.3 is 0 Å². The quantitative estimate of drug-likeness (QED) is 0.746. The third kappa shape index (κ3) is 4.31. The first-order valence-electron chi connectivity index (χ1n) is 7.33. The van der Waals surface area contributed by atoms with Crippen LogP contribution in [0.25, 0.3) is 0 Å². The summed E-state index contributed by atoms with van der Waals surface area (Å²) in [6.07, 6.45) is 5.91. The molecular formula is C17H13F2N5O. The zero-order valence-electron chi connectivity index (χ0n) is 12.9. The Morgan fingerprint density at radius 3 is 2.44 bits per heavy atom. The average molecular weight is 341 g/mol. The number of hydrogen-bond donors (Lipinski definition) is 2. The highest BCUT2D eigenvalue weighted by molar-refractivity contribution is 5.93. The Bertz CT molecular complexity index is 872. The Morgan fingerprint density at radius 1 is 1.04 bits per heavy atom. The summed E-state index contributed by atoms with van der Waals surface area (Å²) in [5.74, 6) is -1.68. The van der Waals surface area contributed by atoms with Crippen molar-refractivity contribution in [3.8, 4) is 0 Å². The van der Waals surface area contributed by atoms with Gasteiger partial charge in [0.1, 0.15) is 11.6 Å². The van der Waals surface area contributed by atoms with Crippen molar-refractivity contribution in [2.24, 2.45) is 0 Å². The first-order chi connectivity index (χ1) is 12.1. The summed E-state index contributed by atoms with van der Waals surface area (Å²) >= 11 is 0. The van der Waals surface area contributed by atoms with Crippen LogP contribution in [0.2, 0.25) is 0 Å². The van der Waals surface area contributed by atoms with Gasteiger partial charge < -0.3 is 10.6 Å². The third-order valence-corrected chi connectivity index (χ3v) is 3.29. The number of rotatable bonds is 5. The van der Waals surface area contributed by atoms with Gasteiger partial charge in [0, 0.05) is 37.4 Å². The Hall–Kier alpha value is -3.42. The zero-order valence-corrected chi connectivity index (χ0v) is 12.9. The van der Waals surface area contributed by atoms with Crippen LogP contribution in [0, 0.1) is 11.6 Å². The van der Waals surface area contributed by atoms with E-state index in [9.17, 15) is 13.6 Å². The minimum Gasteiger partial charge on any atom is -0.348 e. The molecular weight excluding hydrogens is 328 g/mol. The molecule has 1 aromatic carbocycles. The number of carbonyl (C=O) groups excluding carboxylic acids is 1. The number of carbonyl (C=O) groups is 1. The predicted molar refractivity (Wildman–Crippen MR) is 87.1 cm³/mol. The average Bonchev–Trinajstić information content (AvgIpc) is 2.63. The molecule has 0 unspecified atom stereocenters. The summed E-state index contributed by atoms with van der Waals surface area (Å²) in [4.78, 5) is 23.9. The lowest BCUT2D eigenvalue weighted by Gasteiger charge is -2.07. The summed E-state index contributed by atoms with van der Waals surface area (Å²) in [6, 6.07) is 6.70. The lowest BCUT2D eigenvalue weighted by Crippen LogP contribution is -2.23. The Balaban J connectivity index is 1.62. The maximum absolute atomic E-state index is 13.6. The van der Waals surface area contributed by atoms with Gasteiger partial charge in [-0.3, -0.25) is 9.78 Å². The largest absolute Gasteiger partial charge is 0.348 e. The molecule has 3 rings (SSSR count). The van der Waals surface area contributed by atoms with Gasteiger partial charge in [-0.2, -0.15) is 0 Å². The number of nitrogens with zero attached hydrogens (tertiary/aromatic N) is 3. The van der Waals surface area contributed by atoms with Crippen molar-refractivity contribution in [2.45, 2.75) is 6.54 Å². The van der Waals surface area contributed by atoms with Gasteiger partial charge in [-0.05, 0) is 29.8 Å². The molecule has 0 radical (unpaired) electrons. The van der Waals surface area contributed by atoms with Crippen molar-refractivity contribution in [3.63, 3.8) is 0 Å². The molecule has 0 atom stereocenters. The first kappa shape index (κ1) is 16.4. The van der Waals surface area contributed by atoms with Crippen molar-refractivity contribution < 1.29 is 13.6 Å². The number of hydrogen-bond acceptors (Lipinski definition) is 5. The number of nitrogens with one attached hydrogen (secondary N) is 2. The van der Waals surface area contributed by atoms with E-state index < -0.39 is 11.6 Å². The van der Waals surface area contributed by atoms with Gasteiger partial charge in [0.25, 0.3) is 5.91 Å². The smallest absolute Gasteiger partial charge is 0.254 e. The molecule has 2 aromatic heterocycles. The molecule has 8 heteroatoms. The molecule has 0 aliphatic heterocycles. The molecule has 6 nitrogen and oxygen atoms in total. The summed E-state index contributed by atoms with van der Waals surface area (Å²) in [5.41, 5.74) is 1.21. The fourth-order valence-corrected chi connectivity index (χ4v) is 2.01. The predicted octanol–water partition coefficient (Wildman–Crippen LogP) is 2.82. The molecule has 0 aliphatic carbocycles. The van der Waals surface area contributed by atoms with E-state index in [1.54, 1.807) is 24.5 Å². The van der Waals surface area contributed by atoms with Crippen molar-refractivity contribution in [1.82, 2.24) is 20.3 Å². The molecule has 2 heterocycles. The number of pyridine rings is 1. The summed E-state index contributed by atoms with van der Waals surface area (Å²) in [5, 5.41) is 5.35. The highest BCUT2D eigenvalue weighted by Gasteiger charge is 2.09. The number of halogens is 2. The molecule has 0 bridgehead atoms. The fraction of sp³-hybridized carbons (Fsp3) is 0.0588. The van der Waals surface area contributed by atoms with Crippen molar-refractivity contribution in [3.05, 3.63) is 77.9 Å². The van der Waals surface area contributed by atoms with Crippen LogP contribution in [0.4, 0.5) is 20.4 Å². The monoisotopic (exact) mass is 341 g/mol. The van der Waals surface area contributed by atoms with Crippen LogP contribution in [0.5, 0.6) is 0 Å². The summed E-state index contributed by atoms with van der Waals surface area (Å²) in [6.45, 7) is 0.349. The normalized spacial score (nSPS) is 10.3. The fourth-order valence-electron chi connectivity index (χ4n) is 2.01. The molecule has 0 saturated carbocycles. The van der Waals surface area contributed by atoms with Crippen molar-refractivity contribution >= 4 is 17.5 Å². The Kier molecular flexibility index (Phi) is 4.89. The van der Waals surface area contributed by atoms with E-state index in [-0.39, 0.29) is 23.1 Å². The maximum atomic E-state index is 13.6. The van der Waals surface area contributed by atoms with Crippen LogP contribution in [-0.2, 0) is 6.54 Å². The first-order valence-corrected chi connectivity index (χ1v) is 7.33. The number of amides is 1. The van der Waals surface area contributed by atoms with Crippen LogP contribution < -0.4 is 10.6 Å². The van der Waals surface area contributed by atoms with Crippen molar-refractivity contribution in [2.75, 3.05) is 5.32 Å². The van der Waals surface area contributed by atoms with Gasteiger partial charge in [0.2, 0.25) is 5.95 Å². The lowest BCUT2D eigenvalue weighted by atomic mass is 10.2. The second-order valence-corrected chi connectivity index (χ2v) is 5.08. The van der Waals surface area contributed by atoms with Gasteiger partial charge in [-0.25, -0.2) is 18.7 Å². The van der Waals surface area contributed by atoms with Crippen molar-refractivity contribution in [1.29, 1.82) is 0 Å². The minimum absolute atomic E-state index is 0.0382. The molecule has 3 aromatic rings. The van der Waals surface area contributed by atoms with Gasteiger partial charge in [0.05, 0.1) is 11.3 Å². The number of aromatic nitrogens is 3. The van der Waals surface area contributed by atoms with E-state index in [4.69, 9.17) is 0 Å². The Labute approximate surface area is 142 Å². The molecule has 2 N–H and O–H groups in total. The van der Waals surface area contributed by atoms with Crippen LogP contribution in [0.1, 0.15) is 15.9 Å². The molecule has 0 spiro atoms. The van der Waals surface area contributed by atoms with Crippen LogP contribution in [0.15, 0.2) is 55.1 Å². The summed E-state index contributed by atoms with van der Waals surface area (Å²) in [7, 11) is 0. The van der Waals surface area contributed by atoms with E-state index >= 15 is 0 Å². The van der Waals surface area contributed by atoms with Gasteiger partial charge in [-0.1, -0.05) is 0 Å². The zero-order chi connectivity index (χ0) is 17.6. The Morgan fingerprint density at radius 2 is 1.76 bits per heavy atom. The van der Waals surface area contributed by atoms with Crippen LogP contribution in [-0.4, -0.2) is 20.9 Å². The molecule has 0 saturated heterocycles. The number of anilines is 2. The molecule has 1 amide bonds. The molecule has 126 valence electrons.